The van der Waals surface area contributed by atoms with E-state index in [1.807, 2.05) is 0 Å². The maximum Gasteiger partial charge on any atom is 0.337 e. The highest BCUT2D eigenvalue weighted by Gasteiger charge is 2.18. The second kappa shape index (κ2) is 5.24. The first kappa shape index (κ1) is 13.3. The second-order valence-electron chi connectivity index (χ2n) is 3.81. The van der Waals surface area contributed by atoms with Crippen LogP contribution in [0.4, 0.5) is 15.9 Å². The topological polar surface area (TPSA) is 53.4 Å². The number of para-hydroxylation sites is 1. The molecule has 0 aliphatic rings. The molecule has 0 bridgehead atoms. The molecule has 0 radical (unpaired) electrons. The Morgan fingerprint density at radius 3 is 2.68 bits per heavy atom. The van der Waals surface area contributed by atoms with Crippen molar-refractivity contribution in [3.05, 3.63) is 52.9 Å². The van der Waals surface area contributed by atoms with E-state index < -0.39 is 11.8 Å². The first-order chi connectivity index (χ1) is 9.02. The molecule has 19 heavy (non-hydrogen) atoms. The van der Waals surface area contributed by atoms with Crippen LogP contribution in [0.5, 0.6) is 0 Å². The molecule has 0 spiro atoms. The third kappa shape index (κ3) is 2.51. The fourth-order valence-corrected chi connectivity index (χ4v) is 1.99. The van der Waals surface area contributed by atoms with Gasteiger partial charge in [0.15, 0.2) is 5.82 Å². The van der Waals surface area contributed by atoms with Gasteiger partial charge in [-0.1, -0.05) is 23.7 Å². The third-order valence-electron chi connectivity index (χ3n) is 2.63. The number of hydrogen-bond acceptors (Lipinski definition) is 3. The zero-order valence-electron chi connectivity index (χ0n) is 9.97. The lowest BCUT2D eigenvalue weighted by atomic mass is 10.2. The molecule has 0 amide bonds. The summed E-state index contributed by atoms with van der Waals surface area (Å²) in [6.45, 7) is 0. The molecule has 2 aromatic rings. The first-order valence-corrected chi connectivity index (χ1v) is 5.76. The van der Waals surface area contributed by atoms with Crippen LogP contribution in [0, 0.1) is 5.82 Å². The van der Waals surface area contributed by atoms with Gasteiger partial charge in [0.05, 0.1) is 16.3 Å². The van der Waals surface area contributed by atoms with Crippen molar-refractivity contribution in [2.75, 3.05) is 11.9 Å². The largest absolute Gasteiger partial charge is 0.478 e. The summed E-state index contributed by atoms with van der Waals surface area (Å²) in [5, 5.41) is 8.97. The normalized spacial score (nSPS) is 10.3. The van der Waals surface area contributed by atoms with Crippen LogP contribution in [0.3, 0.4) is 0 Å². The van der Waals surface area contributed by atoms with E-state index in [4.69, 9.17) is 16.7 Å². The minimum absolute atomic E-state index is 0.0271. The Bertz CT molecular complexity index is 634. The molecule has 0 saturated carbocycles. The monoisotopic (exact) mass is 280 g/mol. The quantitative estimate of drug-likeness (QED) is 0.937. The lowest BCUT2D eigenvalue weighted by Crippen LogP contribution is -2.14. The number of carboxylic acids is 1. The minimum atomic E-state index is -1.16. The van der Waals surface area contributed by atoms with Gasteiger partial charge in [-0.15, -0.1) is 0 Å². The number of benzene rings is 1. The van der Waals surface area contributed by atoms with E-state index in [0.717, 1.165) is 0 Å². The molecule has 0 aliphatic carbocycles. The Labute approximate surface area is 114 Å². The van der Waals surface area contributed by atoms with E-state index in [1.165, 1.54) is 23.2 Å². The predicted molar refractivity (Wildman–Crippen MR) is 70.7 cm³/mol. The molecule has 98 valence electrons. The molecular formula is C13H10ClFN2O2. The van der Waals surface area contributed by atoms with Crippen LogP contribution >= 0.6 is 11.6 Å². The molecular weight excluding hydrogens is 271 g/mol. The van der Waals surface area contributed by atoms with Crippen LogP contribution in [0.1, 0.15) is 10.4 Å². The first-order valence-electron chi connectivity index (χ1n) is 5.38. The van der Waals surface area contributed by atoms with Crippen LogP contribution < -0.4 is 4.90 Å². The van der Waals surface area contributed by atoms with Gasteiger partial charge in [-0.25, -0.2) is 14.2 Å². The van der Waals surface area contributed by atoms with Crippen LogP contribution in [0.25, 0.3) is 0 Å². The van der Waals surface area contributed by atoms with Crippen LogP contribution in [-0.2, 0) is 0 Å². The number of aromatic carboxylic acids is 1. The molecule has 1 aromatic carbocycles. The van der Waals surface area contributed by atoms with Gasteiger partial charge < -0.3 is 10.0 Å². The number of rotatable bonds is 3. The number of carboxylic acid groups (broad SMARTS) is 1. The van der Waals surface area contributed by atoms with Crippen LogP contribution in [0.15, 0.2) is 36.5 Å². The molecule has 6 heteroatoms. The summed E-state index contributed by atoms with van der Waals surface area (Å²) < 4.78 is 13.7. The van der Waals surface area contributed by atoms with E-state index >= 15 is 0 Å². The highest BCUT2D eigenvalue weighted by Crippen LogP contribution is 2.32. The highest BCUT2D eigenvalue weighted by atomic mass is 35.5. The predicted octanol–water partition coefficient (Wildman–Crippen LogP) is 3.34. The van der Waals surface area contributed by atoms with Crippen molar-refractivity contribution in [1.82, 2.24) is 4.98 Å². The Hall–Kier alpha value is -2.14. The summed E-state index contributed by atoms with van der Waals surface area (Å²) in [6, 6.07) is 7.39. The van der Waals surface area contributed by atoms with Crippen molar-refractivity contribution in [3.8, 4) is 0 Å². The number of anilines is 2. The summed E-state index contributed by atoms with van der Waals surface area (Å²) in [4.78, 5) is 16.4. The molecule has 0 aliphatic heterocycles. The van der Waals surface area contributed by atoms with Gasteiger partial charge in [-0.2, -0.15) is 0 Å². The lowest BCUT2D eigenvalue weighted by Gasteiger charge is -2.20. The van der Waals surface area contributed by atoms with Gasteiger partial charge in [-0.05, 0) is 18.2 Å². The van der Waals surface area contributed by atoms with Gasteiger partial charge >= 0.3 is 5.97 Å². The van der Waals surface area contributed by atoms with Crippen molar-refractivity contribution in [2.24, 2.45) is 0 Å². The Kier molecular flexibility index (Phi) is 3.66. The molecule has 0 atom stereocenters. The fraction of sp³-hybridized carbons (Fsp3) is 0.0769. The van der Waals surface area contributed by atoms with Crippen molar-refractivity contribution in [1.29, 1.82) is 0 Å². The van der Waals surface area contributed by atoms with E-state index in [0.29, 0.717) is 0 Å². The summed E-state index contributed by atoms with van der Waals surface area (Å²) in [6.07, 6.45) is 1.32. The van der Waals surface area contributed by atoms with E-state index in [2.05, 4.69) is 4.98 Å². The average Bonchev–Trinajstić information content (AvgIpc) is 2.38. The van der Waals surface area contributed by atoms with Gasteiger partial charge in [-0.3, -0.25) is 0 Å². The summed E-state index contributed by atoms with van der Waals surface area (Å²) in [5.41, 5.74) is 0.189. The van der Waals surface area contributed by atoms with E-state index in [9.17, 15) is 9.18 Å². The Morgan fingerprint density at radius 2 is 2.05 bits per heavy atom. The summed E-state index contributed by atoms with van der Waals surface area (Å²) in [7, 11) is 1.57. The lowest BCUT2D eigenvalue weighted by molar-refractivity contribution is 0.0697. The zero-order valence-corrected chi connectivity index (χ0v) is 10.7. The van der Waals surface area contributed by atoms with E-state index in [1.54, 1.807) is 25.2 Å². The second-order valence-corrected chi connectivity index (χ2v) is 4.19. The molecule has 2 rings (SSSR count). The third-order valence-corrected chi connectivity index (χ3v) is 3.01. The Balaban J connectivity index is 2.51. The van der Waals surface area contributed by atoms with Crippen LogP contribution in [0.2, 0.25) is 5.02 Å². The molecule has 1 heterocycles. The fourth-order valence-electron chi connectivity index (χ4n) is 1.67. The van der Waals surface area contributed by atoms with Gasteiger partial charge in [0.2, 0.25) is 0 Å². The average molecular weight is 281 g/mol. The highest BCUT2D eigenvalue weighted by molar-refractivity contribution is 6.36. The van der Waals surface area contributed by atoms with Crippen molar-refractivity contribution in [2.45, 2.75) is 0 Å². The summed E-state index contributed by atoms with van der Waals surface area (Å²) in [5.74, 6) is -1.41. The standard InChI is InChI=1S/C13H10ClFN2O2/c1-17(10-5-3-2-4-9(10)15)12-11(14)8(13(18)19)6-7-16-12/h2-7H,1H3,(H,18,19). The smallest absolute Gasteiger partial charge is 0.337 e. The van der Waals surface area contributed by atoms with Gasteiger partial charge in [0.25, 0.3) is 0 Å². The number of nitrogens with zero attached hydrogens (tertiary/aromatic N) is 2. The number of carbonyl (C=O) groups is 1. The molecule has 0 fully saturated rings. The van der Waals surface area contributed by atoms with E-state index in [-0.39, 0.29) is 22.1 Å². The van der Waals surface area contributed by atoms with Gasteiger partial charge in [0.1, 0.15) is 5.82 Å². The number of pyridine rings is 1. The summed E-state index contributed by atoms with van der Waals surface area (Å²) >= 11 is 5.99. The Morgan fingerprint density at radius 1 is 1.37 bits per heavy atom. The van der Waals surface area contributed by atoms with Crippen molar-refractivity contribution in [3.63, 3.8) is 0 Å². The molecule has 0 saturated heterocycles. The molecule has 0 unspecified atom stereocenters. The van der Waals surface area contributed by atoms with Crippen LogP contribution in [-0.4, -0.2) is 23.1 Å². The van der Waals surface area contributed by atoms with Crippen molar-refractivity contribution >= 4 is 29.1 Å². The number of halogens is 2. The molecule has 1 aromatic heterocycles. The zero-order chi connectivity index (χ0) is 14.0. The minimum Gasteiger partial charge on any atom is -0.478 e. The SMILES string of the molecule is CN(c1ccccc1F)c1nccc(C(=O)O)c1Cl. The number of hydrogen-bond donors (Lipinski definition) is 1. The molecule has 1 N–H and O–H groups in total. The number of aromatic nitrogens is 1. The van der Waals surface area contributed by atoms with Crippen molar-refractivity contribution < 1.29 is 14.3 Å². The van der Waals surface area contributed by atoms with Gasteiger partial charge in [0, 0.05) is 13.2 Å². The maximum absolute atomic E-state index is 13.7. The maximum atomic E-state index is 13.7. The molecule has 4 nitrogen and oxygen atoms in total.